The number of benzene rings is 2. The molecule has 3 rings (SSSR count). The molecule has 0 unspecified atom stereocenters. The first-order valence-electron chi connectivity index (χ1n) is 9.08. The summed E-state index contributed by atoms with van der Waals surface area (Å²) in [7, 11) is -2.44. The van der Waals surface area contributed by atoms with Crippen molar-refractivity contribution in [3.63, 3.8) is 0 Å². The topological polar surface area (TPSA) is 92.7 Å². The van der Waals surface area contributed by atoms with Crippen LogP contribution in [0.3, 0.4) is 0 Å². The third-order valence-electron chi connectivity index (χ3n) is 4.99. The van der Waals surface area contributed by atoms with E-state index in [1.807, 2.05) is 0 Å². The molecule has 0 spiro atoms. The fourth-order valence-corrected chi connectivity index (χ4v) is 5.66. The van der Waals surface area contributed by atoms with Crippen LogP contribution in [0.25, 0.3) is 0 Å². The SMILES string of the molecule is COc1cc(NC(=O)c2ccc(Cl)c(S(=O)(=O)C3CCC(O)CC3)c2)ccc1F. The van der Waals surface area contributed by atoms with Crippen LogP contribution in [0, 0.1) is 5.82 Å². The normalized spacial score (nSPS) is 19.6. The molecule has 1 fully saturated rings. The van der Waals surface area contributed by atoms with Crippen LogP contribution in [0.5, 0.6) is 5.75 Å². The Morgan fingerprint density at radius 2 is 1.86 bits per heavy atom. The zero-order valence-corrected chi connectivity index (χ0v) is 17.3. The van der Waals surface area contributed by atoms with Gasteiger partial charge in [-0.3, -0.25) is 4.79 Å². The number of nitrogens with one attached hydrogen (secondary N) is 1. The number of hydrogen-bond acceptors (Lipinski definition) is 5. The number of carbonyl (C=O) groups excluding carboxylic acids is 1. The number of methoxy groups -OCH3 is 1. The van der Waals surface area contributed by atoms with E-state index in [0.29, 0.717) is 31.4 Å². The van der Waals surface area contributed by atoms with Crippen molar-refractivity contribution in [2.45, 2.75) is 41.9 Å². The molecule has 0 radical (unpaired) electrons. The van der Waals surface area contributed by atoms with Crippen LogP contribution in [-0.4, -0.2) is 37.9 Å². The number of sulfone groups is 1. The van der Waals surface area contributed by atoms with Gasteiger partial charge in [0, 0.05) is 17.3 Å². The van der Waals surface area contributed by atoms with Crippen LogP contribution in [-0.2, 0) is 9.84 Å². The Morgan fingerprint density at radius 3 is 2.52 bits per heavy atom. The van der Waals surface area contributed by atoms with E-state index in [-0.39, 0.29) is 21.2 Å². The predicted octanol–water partition coefficient (Wildman–Crippen LogP) is 3.82. The van der Waals surface area contributed by atoms with Crippen molar-refractivity contribution in [3.8, 4) is 5.75 Å². The molecule has 1 saturated carbocycles. The van der Waals surface area contributed by atoms with E-state index in [0.717, 1.165) is 6.07 Å². The number of halogens is 2. The highest BCUT2D eigenvalue weighted by Gasteiger charge is 2.33. The van der Waals surface area contributed by atoms with E-state index in [1.165, 1.54) is 37.4 Å². The molecule has 0 heterocycles. The first-order valence-corrected chi connectivity index (χ1v) is 11.0. The minimum absolute atomic E-state index is 0.0262. The minimum Gasteiger partial charge on any atom is -0.494 e. The van der Waals surface area contributed by atoms with Gasteiger partial charge in [0.15, 0.2) is 21.4 Å². The molecule has 1 aliphatic rings. The van der Waals surface area contributed by atoms with Gasteiger partial charge >= 0.3 is 0 Å². The monoisotopic (exact) mass is 441 g/mol. The van der Waals surface area contributed by atoms with Gasteiger partial charge in [0.25, 0.3) is 5.91 Å². The summed E-state index contributed by atoms with van der Waals surface area (Å²) < 4.78 is 44.4. The molecule has 6 nitrogen and oxygen atoms in total. The van der Waals surface area contributed by atoms with Crippen molar-refractivity contribution in [3.05, 3.63) is 52.8 Å². The molecule has 29 heavy (non-hydrogen) atoms. The molecular weight excluding hydrogens is 421 g/mol. The first-order chi connectivity index (χ1) is 13.7. The molecule has 0 bridgehead atoms. The van der Waals surface area contributed by atoms with Gasteiger partial charge in [-0.2, -0.15) is 0 Å². The van der Waals surface area contributed by atoms with Crippen LogP contribution in [0.1, 0.15) is 36.0 Å². The lowest BCUT2D eigenvalue weighted by molar-refractivity contribution is 0.102. The Balaban J connectivity index is 1.85. The number of amides is 1. The maximum Gasteiger partial charge on any atom is 0.255 e. The maximum atomic E-state index is 13.5. The van der Waals surface area contributed by atoms with E-state index in [2.05, 4.69) is 5.32 Å². The molecule has 9 heteroatoms. The van der Waals surface area contributed by atoms with Crippen molar-refractivity contribution in [2.75, 3.05) is 12.4 Å². The Morgan fingerprint density at radius 1 is 1.17 bits per heavy atom. The molecule has 2 aromatic rings. The van der Waals surface area contributed by atoms with Crippen LogP contribution in [0.2, 0.25) is 5.02 Å². The fraction of sp³-hybridized carbons (Fsp3) is 0.350. The van der Waals surface area contributed by atoms with Crippen LogP contribution >= 0.6 is 11.6 Å². The van der Waals surface area contributed by atoms with E-state index in [4.69, 9.17) is 16.3 Å². The number of aliphatic hydroxyl groups excluding tert-OH is 1. The summed E-state index contributed by atoms with van der Waals surface area (Å²) in [5.41, 5.74) is 0.404. The highest BCUT2D eigenvalue weighted by atomic mass is 35.5. The number of hydrogen-bond donors (Lipinski definition) is 2. The van der Waals surface area contributed by atoms with E-state index >= 15 is 0 Å². The summed E-state index contributed by atoms with van der Waals surface area (Å²) >= 11 is 6.13. The standard InChI is InChI=1S/C20H21ClFNO5S/c1-28-18-11-13(3-9-17(18)22)23-20(25)12-2-8-16(21)19(10-12)29(26,27)15-6-4-14(24)5-7-15/h2-3,8-11,14-15,24H,4-7H2,1H3,(H,23,25). The van der Waals surface area contributed by atoms with Crippen molar-refractivity contribution in [2.24, 2.45) is 0 Å². The predicted molar refractivity (Wildman–Crippen MR) is 108 cm³/mol. The fourth-order valence-electron chi connectivity index (χ4n) is 3.34. The van der Waals surface area contributed by atoms with Crippen LogP contribution < -0.4 is 10.1 Å². The molecule has 0 aromatic heterocycles. The maximum absolute atomic E-state index is 13.5. The minimum atomic E-state index is -3.75. The third kappa shape index (κ3) is 4.71. The van der Waals surface area contributed by atoms with Gasteiger partial charge in [-0.25, -0.2) is 12.8 Å². The Bertz CT molecular complexity index is 1020. The zero-order chi connectivity index (χ0) is 21.2. The highest BCUT2D eigenvalue weighted by molar-refractivity contribution is 7.92. The van der Waals surface area contributed by atoms with Crippen molar-refractivity contribution in [1.82, 2.24) is 0 Å². The van der Waals surface area contributed by atoms with Crippen LogP contribution in [0.15, 0.2) is 41.3 Å². The highest BCUT2D eigenvalue weighted by Crippen LogP contribution is 2.33. The van der Waals surface area contributed by atoms with Gasteiger partial charge in [0.2, 0.25) is 0 Å². The Hall–Kier alpha value is -2.16. The zero-order valence-electron chi connectivity index (χ0n) is 15.7. The van der Waals surface area contributed by atoms with Gasteiger partial charge in [0.05, 0.1) is 28.4 Å². The average molecular weight is 442 g/mol. The van der Waals surface area contributed by atoms with Gasteiger partial charge in [-0.05, 0) is 56.0 Å². The second-order valence-electron chi connectivity index (χ2n) is 6.92. The van der Waals surface area contributed by atoms with E-state index < -0.39 is 32.9 Å². The van der Waals surface area contributed by atoms with Crippen molar-refractivity contribution in [1.29, 1.82) is 0 Å². The van der Waals surface area contributed by atoms with E-state index in [1.54, 1.807) is 0 Å². The molecule has 1 amide bonds. The summed E-state index contributed by atoms with van der Waals surface area (Å²) in [4.78, 5) is 12.5. The lowest BCUT2D eigenvalue weighted by Crippen LogP contribution is -2.29. The third-order valence-corrected chi connectivity index (χ3v) is 7.73. The van der Waals surface area contributed by atoms with E-state index in [9.17, 15) is 22.7 Å². The molecule has 0 saturated heterocycles. The van der Waals surface area contributed by atoms with Crippen molar-refractivity contribution >= 4 is 33.0 Å². The Kier molecular flexibility index (Phi) is 6.45. The smallest absolute Gasteiger partial charge is 0.255 e. The Labute approximate surface area is 173 Å². The largest absolute Gasteiger partial charge is 0.494 e. The number of anilines is 1. The number of rotatable bonds is 5. The number of ether oxygens (including phenoxy) is 1. The summed E-state index contributed by atoms with van der Waals surface area (Å²) in [5.74, 6) is -1.16. The number of aliphatic hydroxyl groups is 1. The molecular formula is C20H21ClFNO5S. The summed E-state index contributed by atoms with van der Waals surface area (Å²) in [6.07, 6.45) is 1.01. The van der Waals surface area contributed by atoms with Gasteiger partial charge in [-0.1, -0.05) is 11.6 Å². The molecule has 1 aliphatic carbocycles. The lowest BCUT2D eigenvalue weighted by atomic mass is 9.97. The second kappa shape index (κ2) is 8.69. The van der Waals surface area contributed by atoms with Crippen LogP contribution in [0.4, 0.5) is 10.1 Å². The average Bonchev–Trinajstić information content (AvgIpc) is 2.69. The molecule has 0 aliphatic heterocycles. The molecule has 156 valence electrons. The van der Waals surface area contributed by atoms with Gasteiger partial charge < -0.3 is 15.2 Å². The van der Waals surface area contributed by atoms with Gasteiger partial charge in [-0.15, -0.1) is 0 Å². The van der Waals surface area contributed by atoms with Crippen molar-refractivity contribution < 1.29 is 27.4 Å². The molecule has 2 N–H and O–H groups in total. The number of carbonyl (C=O) groups is 1. The second-order valence-corrected chi connectivity index (χ2v) is 9.53. The summed E-state index contributed by atoms with van der Waals surface area (Å²) in [6, 6.07) is 7.89. The quantitative estimate of drug-likeness (QED) is 0.735. The first kappa shape index (κ1) is 21.5. The van der Waals surface area contributed by atoms with Gasteiger partial charge in [0.1, 0.15) is 0 Å². The lowest BCUT2D eigenvalue weighted by Gasteiger charge is -2.25. The summed E-state index contributed by atoms with van der Waals surface area (Å²) in [6.45, 7) is 0. The summed E-state index contributed by atoms with van der Waals surface area (Å²) in [5, 5.41) is 11.6. The molecule has 2 aromatic carbocycles. The molecule has 0 atom stereocenters.